The summed E-state index contributed by atoms with van der Waals surface area (Å²) in [6.07, 6.45) is 0. The van der Waals surface area contributed by atoms with Crippen LogP contribution >= 0.6 is 0 Å². The molecule has 4 rings (SSSR count). The van der Waals surface area contributed by atoms with Crippen molar-refractivity contribution >= 4 is 16.8 Å². The molecule has 1 fully saturated rings. The Bertz CT molecular complexity index is 1080. The quantitative estimate of drug-likeness (QED) is 0.473. The van der Waals surface area contributed by atoms with Gasteiger partial charge in [0, 0.05) is 25.3 Å². The van der Waals surface area contributed by atoms with Gasteiger partial charge in [0.15, 0.2) is 0 Å². The molecule has 1 aliphatic rings. The third kappa shape index (κ3) is 5.99. The molecule has 0 bridgehead atoms. The van der Waals surface area contributed by atoms with Crippen molar-refractivity contribution in [3.8, 4) is 11.5 Å². The Kier molecular flexibility index (Phi) is 7.88. The van der Waals surface area contributed by atoms with Crippen LogP contribution in [0.2, 0.25) is 0 Å². The molecule has 0 spiro atoms. The largest absolute Gasteiger partial charge is 0.508 e. The average Bonchev–Trinajstić information content (AvgIpc) is 2.87. The first-order valence-electron chi connectivity index (χ1n) is 11.8. The lowest BCUT2D eigenvalue weighted by molar-refractivity contribution is 0.122. The number of phenolic OH excluding ortho intramolecular Hbond substituents is 1. The molecule has 3 aromatic carbocycles. The van der Waals surface area contributed by atoms with Crippen LogP contribution in [-0.4, -0.2) is 63.6 Å². The fourth-order valence-corrected chi connectivity index (χ4v) is 4.18. The first-order valence-corrected chi connectivity index (χ1v) is 11.8. The number of benzene rings is 3. The van der Waals surface area contributed by atoms with Gasteiger partial charge in [-0.15, -0.1) is 0 Å². The highest BCUT2D eigenvalue weighted by molar-refractivity contribution is 5.98. The van der Waals surface area contributed by atoms with Gasteiger partial charge in [-0.1, -0.05) is 36.4 Å². The van der Waals surface area contributed by atoms with Gasteiger partial charge in [0.1, 0.15) is 18.1 Å². The van der Waals surface area contributed by atoms with E-state index in [1.54, 1.807) is 12.1 Å². The Hall–Kier alpha value is -3.28. The van der Waals surface area contributed by atoms with E-state index in [1.807, 2.05) is 38.4 Å². The monoisotopic (exact) mass is 458 g/mol. The van der Waals surface area contributed by atoms with Crippen molar-refractivity contribution in [2.45, 2.75) is 6.92 Å². The minimum absolute atomic E-state index is 0.264. The molecule has 5 heteroatoms. The van der Waals surface area contributed by atoms with Crippen LogP contribution in [0.3, 0.4) is 0 Å². The molecule has 3 aromatic rings. The maximum Gasteiger partial charge on any atom is 0.119 e. The molecule has 0 atom stereocenters. The summed E-state index contributed by atoms with van der Waals surface area (Å²) in [7, 11) is 4.08. The van der Waals surface area contributed by atoms with Crippen molar-refractivity contribution in [2.24, 2.45) is 0 Å². The second-order valence-electron chi connectivity index (χ2n) is 8.87. The zero-order valence-electron chi connectivity index (χ0n) is 20.3. The highest BCUT2D eigenvalue weighted by atomic mass is 16.5. The zero-order valence-corrected chi connectivity index (χ0v) is 20.3. The summed E-state index contributed by atoms with van der Waals surface area (Å²) in [4.78, 5) is 4.47. The van der Waals surface area contributed by atoms with Gasteiger partial charge in [0.05, 0.1) is 13.2 Å². The lowest BCUT2D eigenvalue weighted by Gasteiger charge is -2.29. The van der Waals surface area contributed by atoms with Gasteiger partial charge in [0.25, 0.3) is 0 Å². The van der Waals surface area contributed by atoms with Crippen molar-refractivity contribution in [3.63, 3.8) is 0 Å². The lowest BCUT2D eigenvalue weighted by Crippen LogP contribution is -2.36. The zero-order chi connectivity index (χ0) is 23.9. The highest BCUT2D eigenvalue weighted by Gasteiger charge is 2.14. The first kappa shape index (κ1) is 23.9. The molecule has 34 heavy (non-hydrogen) atoms. The highest BCUT2D eigenvalue weighted by Crippen LogP contribution is 2.34. The van der Waals surface area contributed by atoms with Crippen molar-refractivity contribution in [1.82, 2.24) is 4.90 Å². The number of aromatic hydroxyl groups is 1. The Morgan fingerprint density at radius 1 is 0.853 bits per heavy atom. The van der Waals surface area contributed by atoms with Crippen molar-refractivity contribution in [3.05, 3.63) is 89.5 Å². The average molecular weight is 459 g/mol. The Labute approximate surface area is 202 Å². The summed E-state index contributed by atoms with van der Waals surface area (Å²) >= 11 is 0. The van der Waals surface area contributed by atoms with Crippen molar-refractivity contribution in [2.75, 3.05) is 58.5 Å². The van der Waals surface area contributed by atoms with Crippen LogP contribution < -0.4 is 9.64 Å². The van der Waals surface area contributed by atoms with Crippen LogP contribution in [0.25, 0.3) is 11.1 Å². The summed E-state index contributed by atoms with van der Waals surface area (Å²) in [6.45, 7) is 7.10. The van der Waals surface area contributed by atoms with E-state index in [9.17, 15) is 5.11 Å². The van der Waals surface area contributed by atoms with Gasteiger partial charge >= 0.3 is 0 Å². The molecule has 0 saturated carbocycles. The van der Waals surface area contributed by atoms with Crippen LogP contribution in [0.15, 0.2) is 72.8 Å². The number of ether oxygens (including phenoxy) is 2. The number of rotatable bonds is 8. The van der Waals surface area contributed by atoms with Crippen LogP contribution in [-0.2, 0) is 4.74 Å². The molecule has 5 nitrogen and oxygen atoms in total. The lowest BCUT2D eigenvalue weighted by atomic mass is 9.90. The van der Waals surface area contributed by atoms with E-state index in [1.165, 1.54) is 16.8 Å². The minimum atomic E-state index is 0.264. The standard InChI is InChI=1S/C29H34N2O3/c1-22(23-4-10-26(11-5-23)31-17-19-33-20-18-31)29(24-6-12-27(32)13-7-24)25-8-14-28(15-9-25)34-21-16-30(2)3/h4-15,32H,16-21H2,1-3H3. The third-order valence-electron chi connectivity index (χ3n) is 6.16. The maximum absolute atomic E-state index is 9.83. The van der Waals surface area contributed by atoms with E-state index in [2.05, 4.69) is 53.1 Å². The van der Waals surface area contributed by atoms with E-state index in [-0.39, 0.29) is 5.75 Å². The predicted molar refractivity (Wildman–Crippen MR) is 140 cm³/mol. The number of anilines is 1. The fourth-order valence-electron chi connectivity index (χ4n) is 4.18. The Balaban J connectivity index is 1.64. The summed E-state index contributed by atoms with van der Waals surface area (Å²) < 4.78 is 11.4. The summed E-state index contributed by atoms with van der Waals surface area (Å²) in [5.74, 6) is 1.13. The molecule has 1 heterocycles. The Morgan fingerprint density at radius 2 is 1.41 bits per heavy atom. The number of likely N-dealkylation sites (N-methyl/N-ethyl adjacent to an activating group) is 1. The number of hydrogen-bond acceptors (Lipinski definition) is 5. The van der Waals surface area contributed by atoms with Crippen molar-refractivity contribution < 1.29 is 14.6 Å². The van der Waals surface area contributed by atoms with Crippen molar-refractivity contribution in [1.29, 1.82) is 0 Å². The van der Waals surface area contributed by atoms with E-state index in [0.717, 1.165) is 55.3 Å². The van der Waals surface area contributed by atoms with Gasteiger partial charge in [-0.3, -0.25) is 0 Å². The topological polar surface area (TPSA) is 45.2 Å². The number of hydrogen-bond donors (Lipinski definition) is 1. The minimum Gasteiger partial charge on any atom is -0.508 e. The van der Waals surface area contributed by atoms with Gasteiger partial charge in [-0.05, 0) is 85.3 Å². The number of morpholine rings is 1. The van der Waals surface area contributed by atoms with E-state index >= 15 is 0 Å². The molecule has 178 valence electrons. The summed E-state index contributed by atoms with van der Waals surface area (Å²) in [5, 5.41) is 9.83. The van der Waals surface area contributed by atoms with Crippen LogP contribution in [0, 0.1) is 0 Å². The molecule has 1 N–H and O–H groups in total. The van der Waals surface area contributed by atoms with Crippen LogP contribution in [0.1, 0.15) is 23.6 Å². The van der Waals surface area contributed by atoms with Crippen LogP contribution in [0.4, 0.5) is 5.69 Å². The molecule has 0 aromatic heterocycles. The normalized spacial score (nSPS) is 14.8. The molecular formula is C29H34N2O3. The van der Waals surface area contributed by atoms with Gasteiger partial charge in [0.2, 0.25) is 0 Å². The molecule has 1 aliphatic heterocycles. The van der Waals surface area contributed by atoms with E-state index in [4.69, 9.17) is 9.47 Å². The molecule has 0 aliphatic carbocycles. The second kappa shape index (κ2) is 11.2. The SMILES string of the molecule is CC(=C(c1ccc(O)cc1)c1ccc(OCCN(C)C)cc1)c1ccc(N2CCOCC2)cc1. The number of allylic oxidation sites excluding steroid dienone is 1. The van der Waals surface area contributed by atoms with Gasteiger partial charge in [-0.2, -0.15) is 0 Å². The van der Waals surface area contributed by atoms with E-state index in [0.29, 0.717) is 6.61 Å². The number of phenols is 1. The van der Waals surface area contributed by atoms with Crippen LogP contribution in [0.5, 0.6) is 11.5 Å². The molecule has 0 unspecified atom stereocenters. The predicted octanol–water partition coefficient (Wildman–Crippen LogP) is 5.15. The summed E-state index contributed by atoms with van der Waals surface area (Å²) in [5.41, 5.74) is 6.89. The number of nitrogens with zero attached hydrogens (tertiary/aromatic N) is 2. The maximum atomic E-state index is 9.83. The first-order chi connectivity index (χ1) is 16.5. The van der Waals surface area contributed by atoms with Gasteiger partial charge < -0.3 is 24.4 Å². The molecule has 1 saturated heterocycles. The molecule has 0 amide bonds. The molecular weight excluding hydrogens is 424 g/mol. The smallest absolute Gasteiger partial charge is 0.119 e. The molecule has 0 radical (unpaired) electrons. The Morgan fingerprint density at radius 3 is 2.00 bits per heavy atom. The summed E-state index contributed by atoms with van der Waals surface area (Å²) in [6, 6.07) is 24.5. The third-order valence-corrected chi connectivity index (χ3v) is 6.16. The van der Waals surface area contributed by atoms with E-state index < -0.39 is 0 Å². The second-order valence-corrected chi connectivity index (χ2v) is 8.87. The fraction of sp³-hybridized carbons (Fsp3) is 0.310. The van der Waals surface area contributed by atoms with Gasteiger partial charge in [-0.25, -0.2) is 0 Å².